The zero-order valence-electron chi connectivity index (χ0n) is 16.8. The van der Waals surface area contributed by atoms with Gasteiger partial charge in [-0.15, -0.1) is 0 Å². The summed E-state index contributed by atoms with van der Waals surface area (Å²) >= 11 is 6.43. The number of halogens is 2. The van der Waals surface area contributed by atoms with E-state index in [4.69, 9.17) is 21.4 Å². The molecule has 4 rings (SSSR count). The fraction of sp³-hybridized carbons (Fsp3) is 0.167. The zero-order chi connectivity index (χ0) is 22.8. The van der Waals surface area contributed by atoms with Crippen molar-refractivity contribution in [1.29, 1.82) is 0 Å². The van der Waals surface area contributed by atoms with Gasteiger partial charge in [0.15, 0.2) is 0 Å². The Morgan fingerprint density at radius 2 is 1.78 bits per heavy atom. The van der Waals surface area contributed by atoms with Gasteiger partial charge in [0.1, 0.15) is 23.1 Å². The number of nitrogens with one attached hydrogen (secondary N) is 1. The van der Waals surface area contributed by atoms with E-state index in [-0.39, 0.29) is 16.6 Å². The number of aliphatic carboxylic acids is 1. The summed E-state index contributed by atoms with van der Waals surface area (Å²) in [6.07, 6.45) is 2.52. The van der Waals surface area contributed by atoms with Gasteiger partial charge < -0.3 is 20.3 Å². The van der Waals surface area contributed by atoms with Crippen molar-refractivity contribution in [2.24, 2.45) is 0 Å². The van der Waals surface area contributed by atoms with Gasteiger partial charge in [-0.3, -0.25) is 4.79 Å². The number of carboxylic acid groups (broad SMARTS) is 1. The second kappa shape index (κ2) is 8.88. The largest absolute Gasteiger partial charge is 0.508 e. The lowest BCUT2D eigenvalue weighted by Crippen LogP contribution is -2.22. The van der Waals surface area contributed by atoms with Crippen molar-refractivity contribution in [2.45, 2.75) is 25.7 Å². The molecule has 3 aromatic rings. The average molecular weight is 456 g/mol. The molecule has 1 aliphatic rings. The molecule has 6 nitrogen and oxygen atoms in total. The SMILES string of the molecule is O=C(O)C(=O)Nc1cc(Cl)c(Oc2ccc(O)c(Cc3ccc(F)cc3)c2)c2c1CCC2. The van der Waals surface area contributed by atoms with Crippen molar-refractivity contribution in [1.82, 2.24) is 0 Å². The van der Waals surface area contributed by atoms with Crippen LogP contribution in [0, 0.1) is 5.82 Å². The number of carbonyl (C=O) groups excluding carboxylic acids is 1. The Morgan fingerprint density at radius 1 is 1.06 bits per heavy atom. The number of anilines is 1. The molecule has 32 heavy (non-hydrogen) atoms. The van der Waals surface area contributed by atoms with E-state index in [1.165, 1.54) is 24.3 Å². The Hall–Kier alpha value is -3.58. The number of hydrogen-bond acceptors (Lipinski definition) is 4. The summed E-state index contributed by atoms with van der Waals surface area (Å²) in [6, 6.07) is 12.3. The number of amides is 1. The predicted octanol–water partition coefficient (Wildman–Crippen LogP) is 5.08. The number of aromatic hydroxyl groups is 1. The summed E-state index contributed by atoms with van der Waals surface area (Å²) < 4.78 is 19.2. The Kier molecular flexibility index (Phi) is 6.01. The van der Waals surface area contributed by atoms with Gasteiger partial charge >= 0.3 is 11.9 Å². The van der Waals surface area contributed by atoms with E-state index in [2.05, 4.69) is 5.32 Å². The minimum atomic E-state index is -1.58. The molecule has 8 heteroatoms. The molecule has 3 N–H and O–H groups in total. The first-order chi connectivity index (χ1) is 15.3. The molecular formula is C24H19ClFNO5. The molecule has 0 spiro atoms. The van der Waals surface area contributed by atoms with Crippen LogP contribution in [0.5, 0.6) is 17.2 Å². The molecule has 1 amide bonds. The molecule has 0 unspecified atom stereocenters. The van der Waals surface area contributed by atoms with Crippen molar-refractivity contribution < 1.29 is 28.9 Å². The summed E-state index contributed by atoms with van der Waals surface area (Å²) in [5, 5.41) is 21.7. The Morgan fingerprint density at radius 3 is 2.50 bits per heavy atom. The molecule has 0 bridgehead atoms. The van der Waals surface area contributed by atoms with E-state index < -0.39 is 11.9 Å². The van der Waals surface area contributed by atoms with Gasteiger partial charge in [0.2, 0.25) is 0 Å². The molecule has 0 atom stereocenters. The van der Waals surface area contributed by atoms with E-state index in [1.807, 2.05) is 0 Å². The predicted molar refractivity (Wildman–Crippen MR) is 117 cm³/mol. The van der Waals surface area contributed by atoms with Gasteiger partial charge in [-0.05, 0) is 66.8 Å². The fourth-order valence-corrected chi connectivity index (χ4v) is 4.08. The highest BCUT2D eigenvalue weighted by molar-refractivity contribution is 6.37. The zero-order valence-corrected chi connectivity index (χ0v) is 17.6. The quantitative estimate of drug-likeness (QED) is 0.466. The van der Waals surface area contributed by atoms with E-state index in [1.54, 1.807) is 24.3 Å². The first kappa shape index (κ1) is 21.6. The highest BCUT2D eigenvalue weighted by Gasteiger charge is 2.25. The molecule has 0 heterocycles. The standard InChI is InChI=1S/C24H19ClFNO5/c25-19-12-20(27-23(29)24(30)31)17-2-1-3-18(17)22(19)32-16-8-9-21(28)14(11-16)10-13-4-6-15(26)7-5-13/h4-9,11-12,28H,1-3,10H2,(H,27,29)(H,30,31). The van der Waals surface area contributed by atoms with Crippen LogP contribution in [0.4, 0.5) is 10.1 Å². The molecule has 164 valence electrons. The minimum absolute atomic E-state index is 0.0877. The van der Waals surface area contributed by atoms with Crippen LogP contribution < -0.4 is 10.1 Å². The topological polar surface area (TPSA) is 95.9 Å². The maximum atomic E-state index is 13.2. The summed E-state index contributed by atoms with van der Waals surface area (Å²) in [4.78, 5) is 22.5. The number of fused-ring (bicyclic) bond motifs is 1. The summed E-state index contributed by atoms with van der Waals surface area (Å²) in [7, 11) is 0. The lowest BCUT2D eigenvalue weighted by molar-refractivity contribution is -0.147. The summed E-state index contributed by atoms with van der Waals surface area (Å²) in [5.41, 5.74) is 3.41. The van der Waals surface area contributed by atoms with Crippen molar-refractivity contribution in [2.75, 3.05) is 5.32 Å². The van der Waals surface area contributed by atoms with E-state index in [9.17, 15) is 19.1 Å². The van der Waals surface area contributed by atoms with E-state index >= 15 is 0 Å². The molecule has 1 aliphatic carbocycles. The first-order valence-corrected chi connectivity index (χ1v) is 10.3. The van der Waals surface area contributed by atoms with Crippen LogP contribution >= 0.6 is 11.6 Å². The van der Waals surface area contributed by atoms with Gasteiger partial charge in [0.25, 0.3) is 0 Å². The number of ether oxygens (including phenoxy) is 1. The molecule has 0 saturated heterocycles. The van der Waals surface area contributed by atoms with Crippen LogP contribution in [0.3, 0.4) is 0 Å². The highest BCUT2D eigenvalue weighted by Crippen LogP contribution is 2.43. The van der Waals surface area contributed by atoms with Gasteiger partial charge in [-0.1, -0.05) is 23.7 Å². The molecule has 3 aromatic carbocycles. The molecular weight excluding hydrogens is 437 g/mol. The van der Waals surface area contributed by atoms with E-state index in [0.29, 0.717) is 42.0 Å². The van der Waals surface area contributed by atoms with Gasteiger partial charge in [0.05, 0.1) is 5.02 Å². The molecule has 0 fully saturated rings. The van der Waals surface area contributed by atoms with Crippen LogP contribution in [-0.2, 0) is 28.9 Å². The van der Waals surface area contributed by atoms with Gasteiger partial charge in [0, 0.05) is 23.2 Å². The van der Waals surface area contributed by atoms with Crippen LogP contribution in [0.2, 0.25) is 5.02 Å². The van der Waals surface area contributed by atoms with Gasteiger partial charge in [-0.25, -0.2) is 9.18 Å². The number of rotatable bonds is 5. The van der Waals surface area contributed by atoms with Crippen molar-refractivity contribution >= 4 is 29.2 Å². The average Bonchev–Trinajstić information content (AvgIpc) is 3.24. The molecule has 0 aliphatic heterocycles. The fourth-order valence-electron chi connectivity index (χ4n) is 3.82. The Balaban J connectivity index is 1.63. The molecule has 0 aromatic heterocycles. The third-order valence-electron chi connectivity index (χ3n) is 5.33. The van der Waals surface area contributed by atoms with Gasteiger partial charge in [-0.2, -0.15) is 0 Å². The van der Waals surface area contributed by atoms with Crippen LogP contribution in [0.25, 0.3) is 0 Å². The maximum absolute atomic E-state index is 13.2. The van der Waals surface area contributed by atoms with Crippen molar-refractivity contribution in [3.8, 4) is 17.2 Å². The third kappa shape index (κ3) is 4.53. The monoisotopic (exact) mass is 455 g/mol. The van der Waals surface area contributed by atoms with Crippen LogP contribution in [0.15, 0.2) is 48.5 Å². The summed E-state index contributed by atoms with van der Waals surface area (Å²) in [6.45, 7) is 0. The number of hydrogen-bond donors (Lipinski definition) is 3. The van der Waals surface area contributed by atoms with Crippen LogP contribution in [-0.4, -0.2) is 22.1 Å². The highest BCUT2D eigenvalue weighted by atomic mass is 35.5. The Bertz CT molecular complexity index is 1210. The smallest absolute Gasteiger partial charge is 0.394 e. The summed E-state index contributed by atoms with van der Waals surface area (Å²) in [5.74, 6) is -2.06. The second-order valence-electron chi connectivity index (χ2n) is 7.50. The third-order valence-corrected chi connectivity index (χ3v) is 5.61. The molecule has 0 radical (unpaired) electrons. The number of carboxylic acids is 1. The number of phenols is 1. The van der Waals surface area contributed by atoms with Crippen molar-refractivity contribution in [3.05, 3.63) is 81.6 Å². The van der Waals surface area contributed by atoms with E-state index in [0.717, 1.165) is 23.1 Å². The lowest BCUT2D eigenvalue weighted by Gasteiger charge is -2.17. The Labute approximate surface area is 188 Å². The lowest BCUT2D eigenvalue weighted by atomic mass is 10.0. The number of phenolic OH excluding ortho intramolecular Hbond substituents is 1. The number of carbonyl (C=O) groups is 2. The number of benzene rings is 3. The maximum Gasteiger partial charge on any atom is 0.394 e. The minimum Gasteiger partial charge on any atom is -0.508 e. The van der Waals surface area contributed by atoms with Crippen molar-refractivity contribution in [3.63, 3.8) is 0 Å². The molecule has 0 saturated carbocycles. The second-order valence-corrected chi connectivity index (χ2v) is 7.91. The first-order valence-electron chi connectivity index (χ1n) is 9.94. The van der Waals surface area contributed by atoms with Crippen LogP contribution in [0.1, 0.15) is 28.7 Å². The normalized spacial score (nSPS) is 12.3.